The lowest BCUT2D eigenvalue weighted by Gasteiger charge is -2.27. The Labute approximate surface area is 194 Å². The van der Waals surface area contributed by atoms with Crippen molar-refractivity contribution in [2.45, 2.75) is 24.5 Å². The molecule has 8 nitrogen and oxygen atoms in total. The largest absolute Gasteiger partial charge is 0.461 e. The van der Waals surface area contributed by atoms with Gasteiger partial charge in [-0.2, -0.15) is 0 Å². The third kappa shape index (κ3) is 4.14. The van der Waals surface area contributed by atoms with Gasteiger partial charge in [0, 0.05) is 18.2 Å². The predicted octanol–water partition coefficient (Wildman–Crippen LogP) is 4.38. The zero-order chi connectivity index (χ0) is 22.8. The van der Waals surface area contributed by atoms with Crippen molar-refractivity contribution in [2.24, 2.45) is 0 Å². The predicted molar refractivity (Wildman–Crippen MR) is 126 cm³/mol. The monoisotopic (exact) mass is 459 g/mol. The molecule has 0 saturated heterocycles. The number of fused-ring (bicyclic) bond motifs is 1. The van der Waals surface area contributed by atoms with Crippen LogP contribution in [0.4, 0.5) is 11.4 Å². The molecule has 0 aliphatic carbocycles. The highest BCUT2D eigenvalue weighted by molar-refractivity contribution is 7.99. The van der Waals surface area contributed by atoms with Crippen LogP contribution in [-0.4, -0.2) is 38.4 Å². The molecule has 2 amide bonds. The Morgan fingerprint density at radius 2 is 1.88 bits per heavy atom. The molecule has 4 aromatic rings. The van der Waals surface area contributed by atoms with Gasteiger partial charge in [-0.15, -0.1) is 10.2 Å². The molecule has 166 valence electrons. The number of furan rings is 1. The van der Waals surface area contributed by atoms with E-state index in [0.29, 0.717) is 28.1 Å². The summed E-state index contributed by atoms with van der Waals surface area (Å²) in [6.07, 6.45) is 1.82. The van der Waals surface area contributed by atoms with Gasteiger partial charge in [0.1, 0.15) is 0 Å². The summed E-state index contributed by atoms with van der Waals surface area (Å²) in [4.78, 5) is 27.3. The summed E-state index contributed by atoms with van der Waals surface area (Å²) >= 11 is 1.30. The third-order valence-electron chi connectivity index (χ3n) is 5.34. The molecule has 2 aromatic carbocycles. The van der Waals surface area contributed by atoms with Crippen molar-refractivity contribution in [3.8, 4) is 17.3 Å². The third-order valence-corrected chi connectivity index (χ3v) is 6.26. The number of nitrogens with zero attached hydrogens (tertiary/aromatic N) is 4. The van der Waals surface area contributed by atoms with Gasteiger partial charge in [-0.1, -0.05) is 42.1 Å². The fraction of sp³-hybridized carbons (Fsp3) is 0.167. The molecule has 5 rings (SSSR count). The lowest BCUT2D eigenvalue weighted by Crippen LogP contribution is -2.40. The van der Waals surface area contributed by atoms with E-state index in [1.54, 1.807) is 23.3 Å². The number of thioether (sulfide) groups is 1. The number of carbonyl (C=O) groups excluding carboxylic acids is 2. The van der Waals surface area contributed by atoms with Crippen molar-refractivity contribution >= 4 is 35.0 Å². The number of hydrogen-bond donors (Lipinski definition) is 1. The van der Waals surface area contributed by atoms with Crippen LogP contribution in [0.15, 0.2) is 82.6 Å². The van der Waals surface area contributed by atoms with Gasteiger partial charge in [0.2, 0.25) is 17.6 Å². The lowest BCUT2D eigenvalue weighted by molar-refractivity contribution is -0.117. The number of carbonyl (C=O) groups is 2. The molecule has 0 fully saturated rings. The summed E-state index contributed by atoms with van der Waals surface area (Å²) in [5, 5.41) is 12.1. The molecule has 9 heteroatoms. The molecular weight excluding hydrogens is 438 g/mol. The number of aromatic nitrogens is 3. The van der Waals surface area contributed by atoms with E-state index in [4.69, 9.17) is 4.42 Å². The summed E-state index contributed by atoms with van der Waals surface area (Å²) in [5.41, 5.74) is 2.20. The van der Waals surface area contributed by atoms with Gasteiger partial charge in [-0.05, 0) is 43.3 Å². The summed E-state index contributed by atoms with van der Waals surface area (Å²) in [6, 6.07) is 20.4. The maximum atomic E-state index is 13.4. The van der Waals surface area contributed by atoms with Crippen LogP contribution in [0, 0.1) is 0 Å². The molecule has 0 spiro atoms. The quantitative estimate of drug-likeness (QED) is 0.445. The van der Waals surface area contributed by atoms with E-state index in [2.05, 4.69) is 15.5 Å². The first-order chi connectivity index (χ1) is 16.1. The Morgan fingerprint density at radius 3 is 2.67 bits per heavy atom. The van der Waals surface area contributed by atoms with Gasteiger partial charge in [0.15, 0.2) is 10.9 Å². The van der Waals surface area contributed by atoms with Crippen LogP contribution in [0.3, 0.4) is 0 Å². The molecular formula is C24H21N5O3S. The number of amides is 2. The second-order valence-electron chi connectivity index (χ2n) is 7.63. The normalized spacial score (nSPS) is 15.6. The number of benzene rings is 2. The van der Waals surface area contributed by atoms with Crippen LogP contribution in [0.2, 0.25) is 0 Å². The van der Waals surface area contributed by atoms with E-state index in [-0.39, 0.29) is 30.0 Å². The Morgan fingerprint density at radius 1 is 1.09 bits per heavy atom. The van der Waals surface area contributed by atoms with Gasteiger partial charge >= 0.3 is 0 Å². The van der Waals surface area contributed by atoms with E-state index in [9.17, 15) is 9.59 Å². The number of hydrogen-bond acceptors (Lipinski definition) is 6. The molecule has 0 bridgehead atoms. The SMILES string of the molecule is C[C@@H]1CC(=O)Nc2ccccc2N1C(=O)CSc1nnc(-c2ccco2)n1-c1ccccc1. The topological polar surface area (TPSA) is 93.3 Å². The van der Waals surface area contributed by atoms with Crippen molar-refractivity contribution < 1.29 is 14.0 Å². The maximum absolute atomic E-state index is 13.4. The Kier molecular flexibility index (Phi) is 5.70. The average molecular weight is 460 g/mol. The van der Waals surface area contributed by atoms with Gasteiger partial charge in [-0.25, -0.2) is 0 Å². The highest BCUT2D eigenvalue weighted by Gasteiger charge is 2.30. The molecule has 1 aliphatic heterocycles. The Balaban J connectivity index is 1.44. The maximum Gasteiger partial charge on any atom is 0.237 e. The standard InChI is InChI=1S/C24H21N5O3S/c1-16-14-21(30)25-18-10-5-6-11-19(18)28(16)22(31)15-33-24-27-26-23(20-12-7-13-32-20)29(24)17-8-3-2-4-9-17/h2-13,16H,14-15H2,1H3,(H,25,30)/t16-/m1/s1. The van der Waals surface area contributed by atoms with E-state index >= 15 is 0 Å². The summed E-state index contributed by atoms with van der Waals surface area (Å²) in [6.45, 7) is 1.88. The van der Waals surface area contributed by atoms with Crippen molar-refractivity contribution in [3.63, 3.8) is 0 Å². The first kappa shape index (κ1) is 21.0. The number of anilines is 2. The van der Waals surface area contributed by atoms with Crippen molar-refractivity contribution in [1.82, 2.24) is 14.8 Å². The number of para-hydroxylation sites is 3. The molecule has 2 aromatic heterocycles. The summed E-state index contributed by atoms with van der Waals surface area (Å²) < 4.78 is 7.42. The van der Waals surface area contributed by atoms with Crippen LogP contribution in [-0.2, 0) is 9.59 Å². The molecule has 1 atom stereocenters. The summed E-state index contributed by atoms with van der Waals surface area (Å²) in [5.74, 6) is 1.06. The average Bonchev–Trinajstić information content (AvgIpc) is 3.47. The van der Waals surface area contributed by atoms with Crippen LogP contribution in [0.5, 0.6) is 0 Å². The minimum atomic E-state index is -0.271. The smallest absolute Gasteiger partial charge is 0.237 e. The number of rotatable bonds is 5. The summed E-state index contributed by atoms with van der Waals surface area (Å²) in [7, 11) is 0. The fourth-order valence-electron chi connectivity index (χ4n) is 3.90. The van der Waals surface area contributed by atoms with E-state index in [1.165, 1.54) is 11.8 Å². The van der Waals surface area contributed by atoms with Crippen LogP contribution in [0.1, 0.15) is 13.3 Å². The minimum Gasteiger partial charge on any atom is -0.461 e. The highest BCUT2D eigenvalue weighted by Crippen LogP contribution is 2.33. The van der Waals surface area contributed by atoms with Crippen molar-refractivity contribution in [2.75, 3.05) is 16.0 Å². The Bertz CT molecular complexity index is 1290. The zero-order valence-corrected chi connectivity index (χ0v) is 18.7. The molecule has 3 heterocycles. The van der Waals surface area contributed by atoms with Gasteiger partial charge in [-0.3, -0.25) is 14.2 Å². The molecule has 0 radical (unpaired) electrons. The van der Waals surface area contributed by atoms with Crippen molar-refractivity contribution in [1.29, 1.82) is 0 Å². The first-order valence-electron chi connectivity index (χ1n) is 10.5. The fourth-order valence-corrected chi connectivity index (χ4v) is 4.71. The zero-order valence-electron chi connectivity index (χ0n) is 17.8. The molecule has 1 N–H and O–H groups in total. The van der Waals surface area contributed by atoms with Crippen molar-refractivity contribution in [3.05, 3.63) is 73.0 Å². The Hall–Kier alpha value is -3.85. The van der Waals surface area contributed by atoms with Gasteiger partial charge in [0.25, 0.3) is 0 Å². The second-order valence-corrected chi connectivity index (χ2v) is 8.57. The van der Waals surface area contributed by atoms with E-state index in [1.807, 2.05) is 66.1 Å². The molecule has 33 heavy (non-hydrogen) atoms. The minimum absolute atomic E-state index is 0.107. The second kappa shape index (κ2) is 8.95. The van der Waals surface area contributed by atoms with Crippen LogP contribution < -0.4 is 10.2 Å². The van der Waals surface area contributed by atoms with Gasteiger partial charge < -0.3 is 14.6 Å². The van der Waals surface area contributed by atoms with Gasteiger partial charge in [0.05, 0.1) is 23.4 Å². The van der Waals surface area contributed by atoms with Crippen LogP contribution in [0.25, 0.3) is 17.3 Å². The number of nitrogens with one attached hydrogen (secondary N) is 1. The van der Waals surface area contributed by atoms with E-state index < -0.39 is 0 Å². The molecule has 0 saturated carbocycles. The first-order valence-corrected chi connectivity index (χ1v) is 11.5. The highest BCUT2D eigenvalue weighted by atomic mass is 32.2. The van der Waals surface area contributed by atoms with E-state index in [0.717, 1.165) is 5.69 Å². The molecule has 0 unspecified atom stereocenters. The lowest BCUT2D eigenvalue weighted by atomic mass is 10.2. The van der Waals surface area contributed by atoms with Crippen LogP contribution >= 0.6 is 11.8 Å². The molecule has 1 aliphatic rings.